The van der Waals surface area contributed by atoms with Crippen molar-refractivity contribution in [3.8, 4) is 0 Å². The van der Waals surface area contributed by atoms with Crippen molar-refractivity contribution in [3.63, 3.8) is 0 Å². The van der Waals surface area contributed by atoms with Crippen LogP contribution in [0, 0.1) is 0 Å². The number of hydrogen-bond donors (Lipinski definition) is 1. The molecule has 1 heterocycles. The Bertz CT molecular complexity index is 813. The fourth-order valence-corrected chi connectivity index (χ4v) is 2.71. The van der Waals surface area contributed by atoms with Gasteiger partial charge in [-0.2, -0.15) is 0 Å². The summed E-state index contributed by atoms with van der Waals surface area (Å²) in [5.74, 6) is 0.262. The molecule has 0 saturated carbocycles. The second-order valence-corrected chi connectivity index (χ2v) is 6.38. The number of benzene rings is 2. The van der Waals surface area contributed by atoms with Gasteiger partial charge < -0.3 is 5.32 Å². The molecule has 0 aliphatic carbocycles. The van der Waals surface area contributed by atoms with Crippen LogP contribution in [0.3, 0.4) is 0 Å². The van der Waals surface area contributed by atoms with Gasteiger partial charge in [0.05, 0.1) is 0 Å². The average Bonchev–Trinajstić information content (AvgIpc) is 2.84. The maximum atomic E-state index is 12.0. The van der Waals surface area contributed by atoms with E-state index in [9.17, 15) is 4.79 Å². The van der Waals surface area contributed by atoms with Crippen molar-refractivity contribution in [1.29, 1.82) is 0 Å². The molecule has 3 nitrogen and oxygen atoms in total. The maximum Gasteiger partial charge on any atom is 0.275 e. The van der Waals surface area contributed by atoms with E-state index in [2.05, 4.69) is 26.2 Å². The zero-order valence-electron chi connectivity index (χ0n) is 11.1. The molecule has 0 fully saturated rings. The van der Waals surface area contributed by atoms with Gasteiger partial charge in [0, 0.05) is 20.1 Å². The van der Waals surface area contributed by atoms with Crippen molar-refractivity contribution >= 4 is 57.0 Å². The zero-order chi connectivity index (χ0) is 15.7. The first-order valence-corrected chi connectivity index (χ1v) is 7.90. The lowest BCUT2D eigenvalue weighted by Crippen LogP contribution is -2.24. The summed E-state index contributed by atoms with van der Waals surface area (Å²) in [4.78, 5) is 16.4. The van der Waals surface area contributed by atoms with Gasteiger partial charge >= 0.3 is 0 Å². The predicted molar refractivity (Wildman–Crippen MR) is 93.3 cm³/mol. The fourth-order valence-electron chi connectivity index (χ4n) is 1.98. The molecule has 0 atom stereocenters. The molecule has 3 rings (SSSR count). The topological polar surface area (TPSA) is 41.5 Å². The molecule has 0 spiro atoms. The third-order valence-electron chi connectivity index (χ3n) is 3.07. The van der Waals surface area contributed by atoms with E-state index in [4.69, 9.17) is 23.2 Å². The highest BCUT2D eigenvalue weighted by Gasteiger charge is 2.21. The van der Waals surface area contributed by atoms with Crippen LogP contribution in [-0.4, -0.2) is 11.7 Å². The summed E-state index contributed by atoms with van der Waals surface area (Å²) in [6.45, 7) is 0. The predicted octanol–water partition coefficient (Wildman–Crippen LogP) is 4.67. The van der Waals surface area contributed by atoms with Gasteiger partial charge in [0.2, 0.25) is 0 Å². The van der Waals surface area contributed by atoms with Gasteiger partial charge in [-0.05, 0) is 35.9 Å². The van der Waals surface area contributed by atoms with E-state index in [0.29, 0.717) is 27.1 Å². The first kappa shape index (κ1) is 15.3. The van der Waals surface area contributed by atoms with Crippen LogP contribution in [0.4, 0.5) is 0 Å². The third-order valence-corrected chi connectivity index (χ3v) is 4.16. The number of carbonyl (C=O) groups is 1. The number of hydrogen-bond acceptors (Lipinski definition) is 2. The van der Waals surface area contributed by atoms with Gasteiger partial charge in [0.25, 0.3) is 5.91 Å². The van der Waals surface area contributed by atoms with Gasteiger partial charge in [-0.25, -0.2) is 4.99 Å². The average molecular weight is 396 g/mol. The Hall–Kier alpha value is -1.62. The molecule has 1 amide bonds. The summed E-state index contributed by atoms with van der Waals surface area (Å²) in [6.07, 6.45) is 1.64. The van der Waals surface area contributed by atoms with Crippen molar-refractivity contribution in [3.05, 3.63) is 73.8 Å². The highest BCUT2D eigenvalue weighted by Crippen LogP contribution is 2.24. The van der Waals surface area contributed by atoms with E-state index >= 15 is 0 Å². The lowest BCUT2D eigenvalue weighted by Gasteiger charge is -1.99. The Labute approximate surface area is 145 Å². The van der Waals surface area contributed by atoms with E-state index in [1.807, 2.05) is 24.3 Å². The van der Waals surface area contributed by atoms with Gasteiger partial charge in [0.1, 0.15) is 11.5 Å². The number of halogens is 3. The summed E-state index contributed by atoms with van der Waals surface area (Å²) in [7, 11) is 0. The Morgan fingerprint density at radius 2 is 1.82 bits per heavy atom. The van der Waals surface area contributed by atoms with Crippen LogP contribution in [-0.2, 0) is 4.79 Å². The fraction of sp³-hybridized carbons (Fsp3) is 0. The Balaban J connectivity index is 1.95. The Morgan fingerprint density at radius 1 is 1.09 bits per heavy atom. The minimum absolute atomic E-state index is 0.260. The van der Waals surface area contributed by atoms with Crippen molar-refractivity contribution in [2.24, 2.45) is 4.99 Å². The molecular weight excluding hydrogens is 387 g/mol. The van der Waals surface area contributed by atoms with Crippen LogP contribution in [0.2, 0.25) is 10.0 Å². The van der Waals surface area contributed by atoms with Crippen LogP contribution in [0.15, 0.2) is 57.6 Å². The maximum absolute atomic E-state index is 12.0. The van der Waals surface area contributed by atoms with Crippen molar-refractivity contribution in [1.82, 2.24) is 5.32 Å². The Morgan fingerprint density at radius 3 is 2.50 bits per heavy atom. The second kappa shape index (κ2) is 6.24. The number of amides is 1. The standard InChI is InChI=1S/C16H9BrCl2N2O/c17-11-4-1-9(2-5-11)15-20-14(16(22)21-15)7-10-3-6-12(18)8-13(10)19/h1-8H,(H,20,21,22)/b14-7+. The van der Waals surface area contributed by atoms with Gasteiger partial charge in [-0.1, -0.05) is 57.3 Å². The quantitative estimate of drug-likeness (QED) is 0.737. The summed E-state index contributed by atoms with van der Waals surface area (Å²) in [5, 5.41) is 3.77. The van der Waals surface area contributed by atoms with Crippen LogP contribution in [0.5, 0.6) is 0 Å². The molecular formula is C16H9BrCl2N2O. The van der Waals surface area contributed by atoms with E-state index in [0.717, 1.165) is 10.0 Å². The zero-order valence-corrected chi connectivity index (χ0v) is 14.2. The van der Waals surface area contributed by atoms with Crippen LogP contribution in [0.25, 0.3) is 6.08 Å². The summed E-state index contributed by atoms with van der Waals surface area (Å²) >= 11 is 15.3. The molecule has 22 heavy (non-hydrogen) atoms. The largest absolute Gasteiger partial charge is 0.305 e. The minimum Gasteiger partial charge on any atom is -0.305 e. The molecule has 110 valence electrons. The number of nitrogens with one attached hydrogen (secondary N) is 1. The molecule has 1 aliphatic rings. The van der Waals surface area contributed by atoms with Gasteiger partial charge in [-0.15, -0.1) is 0 Å². The van der Waals surface area contributed by atoms with Crippen LogP contribution >= 0.6 is 39.1 Å². The molecule has 0 radical (unpaired) electrons. The number of amidine groups is 1. The first-order chi connectivity index (χ1) is 10.5. The molecule has 2 aromatic rings. The Kier molecular flexibility index (Phi) is 4.34. The normalized spacial score (nSPS) is 15.9. The summed E-state index contributed by atoms with van der Waals surface area (Å²) in [6, 6.07) is 12.6. The number of carbonyl (C=O) groups excluding carboxylic acids is 1. The van der Waals surface area contributed by atoms with E-state index in [1.165, 1.54) is 0 Å². The first-order valence-electron chi connectivity index (χ1n) is 6.36. The van der Waals surface area contributed by atoms with E-state index in [1.54, 1.807) is 24.3 Å². The molecule has 0 bridgehead atoms. The highest BCUT2D eigenvalue weighted by molar-refractivity contribution is 9.10. The summed E-state index contributed by atoms with van der Waals surface area (Å²) < 4.78 is 0.963. The van der Waals surface area contributed by atoms with Crippen LogP contribution < -0.4 is 5.32 Å². The van der Waals surface area contributed by atoms with Crippen molar-refractivity contribution < 1.29 is 4.79 Å². The van der Waals surface area contributed by atoms with Gasteiger partial charge in [0.15, 0.2) is 0 Å². The molecule has 1 N–H and O–H groups in total. The lowest BCUT2D eigenvalue weighted by atomic mass is 10.2. The van der Waals surface area contributed by atoms with Crippen molar-refractivity contribution in [2.75, 3.05) is 0 Å². The molecule has 2 aromatic carbocycles. The lowest BCUT2D eigenvalue weighted by molar-refractivity contribution is -0.115. The van der Waals surface area contributed by atoms with E-state index in [-0.39, 0.29) is 5.91 Å². The van der Waals surface area contributed by atoms with Gasteiger partial charge in [-0.3, -0.25) is 4.79 Å². The SMILES string of the molecule is O=C1NC(c2ccc(Br)cc2)=N/C1=C/c1ccc(Cl)cc1Cl. The number of aliphatic imine (C=N–C) groups is 1. The number of nitrogens with zero attached hydrogens (tertiary/aromatic N) is 1. The molecule has 0 aromatic heterocycles. The van der Waals surface area contributed by atoms with Crippen LogP contribution in [0.1, 0.15) is 11.1 Å². The van der Waals surface area contributed by atoms with Crippen molar-refractivity contribution in [2.45, 2.75) is 0 Å². The molecule has 6 heteroatoms. The third kappa shape index (κ3) is 3.24. The molecule has 0 unspecified atom stereocenters. The minimum atomic E-state index is -0.260. The second-order valence-electron chi connectivity index (χ2n) is 4.62. The molecule has 1 aliphatic heterocycles. The number of rotatable bonds is 2. The smallest absolute Gasteiger partial charge is 0.275 e. The summed E-state index contributed by atoms with van der Waals surface area (Å²) in [5.41, 5.74) is 1.83. The highest BCUT2D eigenvalue weighted by atomic mass is 79.9. The monoisotopic (exact) mass is 394 g/mol. The molecule has 0 saturated heterocycles. The van der Waals surface area contributed by atoms with E-state index < -0.39 is 0 Å².